The Balaban J connectivity index is 1.18. The summed E-state index contributed by atoms with van der Waals surface area (Å²) in [6.45, 7) is 4.14. The number of benzene rings is 3. The number of urea groups is 1. The largest absolute Gasteiger partial charge is 0.573 e. The molecule has 43 heavy (non-hydrogen) atoms. The highest BCUT2D eigenvalue weighted by molar-refractivity contribution is 7.80. The van der Waals surface area contributed by atoms with E-state index in [4.69, 9.17) is 17.0 Å². The van der Waals surface area contributed by atoms with Gasteiger partial charge in [0.25, 0.3) is 0 Å². The number of hydrogen-bond acceptors (Lipinski definition) is 6. The second-order valence-electron chi connectivity index (χ2n) is 10.3. The van der Waals surface area contributed by atoms with Gasteiger partial charge in [-0.25, -0.2) is 14.5 Å². The Kier molecular flexibility index (Phi) is 8.53. The van der Waals surface area contributed by atoms with Crippen LogP contribution in [0, 0.1) is 0 Å². The first-order valence-electron chi connectivity index (χ1n) is 13.4. The third kappa shape index (κ3) is 7.41. The lowest BCUT2D eigenvalue weighted by Gasteiger charge is -2.18. The number of anilines is 1. The molecule has 1 atom stereocenters. The number of thiocarbonyl (C=S) groups is 1. The van der Waals surface area contributed by atoms with Crippen LogP contribution in [0.4, 0.5) is 23.7 Å². The quantitative estimate of drug-likeness (QED) is 0.217. The molecule has 1 aliphatic rings. The molecule has 0 spiro atoms. The summed E-state index contributed by atoms with van der Waals surface area (Å²) in [5.41, 5.74) is 5.29. The van der Waals surface area contributed by atoms with Crippen LogP contribution in [0.25, 0.3) is 17.1 Å². The molecule has 0 saturated heterocycles. The molecule has 2 amide bonds. The number of alkyl halides is 3. The van der Waals surface area contributed by atoms with Crippen LogP contribution in [0.5, 0.6) is 11.5 Å². The number of rotatable bonds is 7. The molecular formula is C30H29F3N6O3S. The van der Waals surface area contributed by atoms with E-state index in [1.807, 2.05) is 36.4 Å². The molecule has 5 rings (SSSR count). The smallest absolute Gasteiger partial charge is 0.497 e. The Hall–Kier alpha value is -4.65. The second-order valence-corrected chi connectivity index (χ2v) is 10.7. The van der Waals surface area contributed by atoms with Gasteiger partial charge in [-0.3, -0.25) is 5.32 Å². The Bertz CT molecular complexity index is 1640. The molecule has 1 unspecified atom stereocenters. The van der Waals surface area contributed by atoms with Crippen LogP contribution in [-0.4, -0.2) is 45.4 Å². The first kappa shape index (κ1) is 29.8. The van der Waals surface area contributed by atoms with Gasteiger partial charge in [0, 0.05) is 23.4 Å². The number of methoxy groups -OCH3 is 1. The highest BCUT2D eigenvalue weighted by atomic mass is 32.1. The number of carbonyl (C=O) groups is 1. The standard InChI is InChI=1S/C30H29F3N6O3S/c1-17(2)25-11-10-24(41-3)15-26(25)36-29(43)37-28(40)35-21-13-18-4-5-19(12-20(18)14-21)27-34-16-39(38-27)22-6-8-23(9-7-22)42-30(31,32)33/h4-12,15-17,21H,13-14H2,1-3H3,(H3,35,36,37,40,43). The number of carbonyl (C=O) groups excluding carboxylic acids is 1. The maximum Gasteiger partial charge on any atom is 0.573 e. The van der Waals surface area contributed by atoms with Gasteiger partial charge in [-0.1, -0.05) is 32.0 Å². The summed E-state index contributed by atoms with van der Waals surface area (Å²) in [6, 6.07) is 16.4. The van der Waals surface area contributed by atoms with E-state index < -0.39 is 12.4 Å². The van der Waals surface area contributed by atoms with Gasteiger partial charge in [-0.2, -0.15) is 0 Å². The molecular weight excluding hydrogens is 581 g/mol. The molecule has 0 radical (unpaired) electrons. The summed E-state index contributed by atoms with van der Waals surface area (Å²) in [4.78, 5) is 17.1. The molecule has 3 N–H and O–H groups in total. The van der Waals surface area contributed by atoms with Crippen LogP contribution in [0.2, 0.25) is 0 Å². The van der Waals surface area contributed by atoms with Crippen molar-refractivity contribution in [3.05, 3.63) is 83.7 Å². The molecule has 1 aromatic heterocycles. The van der Waals surface area contributed by atoms with Crippen LogP contribution >= 0.6 is 12.2 Å². The fourth-order valence-electron chi connectivity index (χ4n) is 4.93. The predicted octanol–water partition coefficient (Wildman–Crippen LogP) is 6.13. The molecule has 1 heterocycles. The lowest BCUT2D eigenvalue weighted by molar-refractivity contribution is -0.274. The maximum absolute atomic E-state index is 12.7. The lowest BCUT2D eigenvalue weighted by Crippen LogP contribution is -2.46. The second kappa shape index (κ2) is 12.3. The Morgan fingerprint density at radius 3 is 2.44 bits per heavy atom. The summed E-state index contributed by atoms with van der Waals surface area (Å²) in [7, 11) is 1.59. The maximum atomic E-state index is 12.7. The SMILES string of the molecule is COc1ccc(C(C)C)c(NC(=S)NC(=O)NC2Cc3ccc(-c4ncn(-c5ccc(OC(F)(F)F)cc5)n4)cc3C2)c1. The number of nitrogens with zero attached hydrogens (tertiary/aromatic N) is 3. The number of hydrogen-bond donors (Lipinski definition) is 3. The number of ether oxygens (including phenoxy) is 2. The van der Waals surface area contributed by atoms with Crippen molar-refractivity contribution in [1.82, 2.24) is 25.4 Å². The van der Waals surface area contributed by atoms with Crippen molar-refractivity contribution in [2.24, 2.45) is 0 Å². The number of amides is 2. The van der Waals surface area contributed by atoms with Gasteiger partial charge in [0.1, 0.15) is 17.8 Å². The number of aromatic nitrogens is 3. The fourth-order valence-corrected chi connectivity index (χ4v) is 5.13. The van der Waals surface area contributed by atoms with Gasteiger partial charge in [0.05, 0.1) is 12.8 Å². The van der Waals surface area contributed by atoms with Gasteiger partial charge in [-0.15, -0.1) is 18.3 Å². The topological polar surface area (TPSA) is 102 Å². The zero-order valence-corrected chi connectivity index (χ0v) is 24.3. The monoisotopic (exact) mass is 610 g/mol. The van der Waals surface area contributed by atoms with E-state index in [9.17, 15) is 18.0 Å². The number of fused-ring (bicyclic) bond motifs is 1. The Labute approximate surface area is 251 Å². The van der Waals surface area contributed by atoms with Crippen LogP contribution in [0.1, 0.15) is 36.5 Å². The van der Waals surface area contributed by atoms with Crippen molar-refractivity contribution in [2.45, 2.75) is 45.0 Å². The van der Waals surface area contributed by atoms with Crippen molar-refractivity contribution < 1.29 is 27.4 Å². The molecule has 0 aliphatic heterocycles. The zero-order chi connectivity index (χ0) is 30.7. The molecule has 224 valence electrons. The molecule has 3 aromatic carbocycles. The van der Waals surface area contributed by atoms with Gasteiger partial charge in [-0.05, 0) is 84.1 Å². The predicted molar refractivity (Wildman–Crippen MR) is 160 cm³/mol. The van der Waals surface area contributed by atoms with Crippen LogP contribution in [0.15, 0.2) is 67.0 Å². The normalized spacial score (nSPS) is 14.3. The first-order valence-corrected chi connectivity index (χ1v) is 13.8. The summed E-state index contributed by atoms with van der Waals surface area (Å²) in [5, 5.41) is 13.4. The van der Waals surface area contributed by atoms with Crippen molar-refractivity contribution in [1.29, 1.82) is 0 Å². The average Bonchev–Trinajstić information content (AvgIpc) is 3.59. The summed E-state index contributed by atoms with van der Waals surface area (Å²) < 4.78 is 48.0. The first-order chi connectivity index (χ1) is 20.5. The van der Waals surface area contributed by atoms with E-state index >= 15 is 0 Å². The van der Waals surface area contributed by atoms with E-state index in [0.717, 1.165) is 27.9 Å². The van der Waals surface area contributed by atoms with Gasteiger partial charge >= 0.3 is 12.4 Å². The molecule has 1 aliphatic carbocycles. The lowest BCUT2D eigenvalue weighted by atomic mass is 10.0. The molecule has 0 bridgehead atoms. The molecule has 9 nitrogen and oxygen atoms in total. The third-order valence-corrected chi connectivity index (χ3v) is 7.12. The van der Waals surface area contributed by atoms with Crippen molar-refractivity contribution in [3.63, 3.8) is 0 Å². The van der Waals surface area contributed by atoms with Crippen molar-refractivity contribution >= 4 is 29.0 Å². The van der Waals surface area contributed by atoms with Crippen LogP contribution in [0.3, 0.4) is 0 Å². The molecule has 13 heteroatoms. The van der Waals surface area contributed by atoms with Gasteiger partial charge < -0.3 is 20.1 Å². The summed E-state index contributed by atoms with van der Waals surface area (Å²) >= 11 is 5.39. The molecule has 0 saturated carbocycles. The fraction of sp³-hybridized carbons (Fsp3) is 0.267. The minimum absolute atomic E-state index is 0.126. The van der Waals surface area contributed by atoms with Gasteiger partial charge in [0.15, 0.2) is 10.9 Å². The highest BCUT2D eigenvalue weighted by Gasteiger charge is 2.31. The minimum Gasteiger partial charge on any atom is -0.497 e. The van der Waals surface area contributed by atoms with Gasteiger partial charge in [0.2, 0.25) is 0 Å². The van der Waals surface area contributed by atoms with Crippen molar-refractivity contribution in [2.75, 3.05) is 12.4 Å². The zero-order valence-electron chi connectivity index (χ0n) is 23.5. The Morgan fingerprint density at radius 1 is 1.02 bits per heavy atom. The van der Waals surface area contributed by atoms with E-state index in [1.54, 1.807) is 7.11 Å². The van der Waals surface area contributed by atoms with E-state index in [1.165, 1.54) is 35.3 Å². The average molecular weight is 611 g/mol. The van der Waals surface area contributed by atoms with E-state index in [2.05, 4.69) is 44.6 Å². The number of nitrogens with one attached hydrogen (secondary N) is 3. The van der Waals surface area contributed by atoms with Crippen LogP contribution in [-0.2, 0) is 12.8 Å². The third-order valence-electron chi connectivity index (χ3n) is 6.92. The number of halogens is 3. The van der Waals surface area contributed by atoms with E-state index in [0.29, 0.717) is 30.1 Å². The van der Waals surface area contributed by atoms with Crippen LogP contribution < -0.4 is 25.4 Å². The van der Waals surface area contributed by atoms with E-state index in [-0.39, 0.29) is 22.8 Å². The minimum atomic E-state index is -4.76. The highest BCUT2D eigenvalue weighted by Crippen LogP contribution is 2.30. The summed E-state index contributed by atoms with van der Waals surface area (Å²) in [6.07, 6.45) is -1.99. The molecule has 4 aromatic rings. The summed E-state index contributed by atoms with van der Waals surface area (Å²) in [5.74, 6) is 1.06. The van der Waals surface area contributed by atoms with Crippen molar-refractivity contribution in [3.8, 4) is 28.6 Å². The Morgan fingerprint density at radius 2 is 1.74 bits per heavy atom. The molecule has 0 fully saturated rings.